The van der Waals surface area contributed by atoms with E-state index in [0.29, 0.717) is 11.3 Å². The van der Waals surface area contributed by atoms with Crippen molar-refractivity contribution in [1.82, 2.24) is 0 Å². The van der Waals surface area contributed by atoms with E-state index in [4.69, 9.17) is 11.0 Å². The van der Waals surface area contributed by atoms with Crippen molar-refractivity contribution >= 4 is 37.5 Å². The van der Waals surface area contributed by atoms with Crippen LogP contribution in [0.25, 0.3) is 0 Å². The second-order valence-electron chi connectivity index (χ2n) is 1.93. The van der Waals surface area contributed by atoms with Crippen molar-refractivity contribution in [3.63, 3.8) is 0 Å². The Morgan fingerprint density at radius 3 is 2.55 bits per heavy atom. The average molecular weight is 276 g/mol. The monoisotopic (exact) mass is 274 g/mol. The number of nitrogens with two attached hydrogens (primary N) is 1. The van der Waals surface area contributed by atoms with Crippen LogP contribution in [0.3, 0.4) is 0 Å². The molecule has 0 heterocycles. The number of hydrogen-bond donors (Lipinski definition) is 1. The van der Waals surface area contributed by atoms with Crippen LogP contribution in [0.15, 0.2) is 21.1 Å². The van der Waals surface area contributed by atoms with Crippen molar-refractivity contribution < 1.29 is 0 Å². The molecule has 0 aliphatic carbocycles. The minimum absolute atomic E-state index is 0.474. The van der Waals surface area contributed by atoms with Crippen LogP contribution in [0.5, 0.6) is 0 Å². The Hall–Kier alpha value is -0.530. The average Bonchev–Trinajstić information content (AvgIpc) is 2.01. The smallest absolute Gasteiger partial charge is 0.101 e. The van der Waals surface area contributed by atoms with Gasteiger partial charge in [-0.1, -0.05) is 0 Å². The van der Waals surface area contributed by atoms with Gasteiger partial charge in [-0.05, 0) is 44.0 Å². The summed E-state index contributed by atoms with van der Waals surface area (Å²) in [5.41, 5.74) is 6.55. The molecule has 0 saturated heterocycles. The lowest BCUT2D eigenvalue weighted by Gasteiger charge is -2.01. The molecule has 0 atom stereocenters. The van der Waals surface area contributed by atoms with Crippen LogP contribution in [-0.2, 0) is 0 Å². The van der Waals surface area contributed by atoms with E-state index in [1.807, 2.05) is 6.07 Å². The Morgan fingerprint density at radius 1 is 1.36 bits per heavy atom. The SMILES string of the molecule is N#Cc1ccc(Br)c(Br)c1N. The molecule has 1 aromatic carbocycles. The van der Waals surface area contributed by atoms with Gasteiger partial charge in [0, 0.05) is 4.47 Å². The van der Waals surface area contributed by atoms with Crippen molar-refractivity contribution in [3.05, 3.63) is 26.6 Å². The van der Waals surface area contributed by atoms with Crippen molar-refractivity contribution in [2.24, 2.45) is 0 Å². The van der Waals surface area contributed by atoms with Gasteiger partial charge in [0.1, 0.15) is 6.07 Å². The summed E-state index contributed by atoms with van der Waals surface area (Å²) >= 11 is 6.52. The van der Waals surface area contributed by atoms with Crippen LogP contribution in [0.4, 0.5) is 5.69 Å². The van der Waals surface area contributed by atoms with E-state index >= 15 is 0 Å². The number of nitrogen functional groups attached to an aromatic ring is 1. The van der Waals surface area contributed by atoms with Crippen LogP contribution in [-0.4, -0.2) is 0 Å². The number of nitrogens with zero attached hydrogens (tertiary/aromatic N) is 1. The molecule has 1 rings (SSSR count). The zero-order valence-corrected chi connectivity index (χ0v) is 8.61. The van der Waals surface area contributed by atoms with Crippen molar-refractivity contribution in [1.29, 1.82) is 5.26 Å². The molecular weight excluding hydrogens is 272 g/mol. The fraction of sp³-hybridized carbons (Fsp3) is 0. The number of benzene rings is 1. The molecule has 0 amide bonds. The van der Waals surface area contributed by atoms with Crippen LogP contribution in [0.1, 0.15) is 5.56 Å². The first kappa shape index (κ1) is 8.57. The molecule has 0 unspecified atom stereocenters. The van der Waals surface area contributed by atoms with E-state index in [1.165, 1.54) is 0 Å². The van der Waals surface area contributed by atoms with Crippen molar-refractivity contribution in [2.75, 3.05) is 5.73 Å². The molecule has 0 bridgehead atoms. The minimum atomic E-state index is 0.474. The third-order valence-corrected chi connectivity index (χ3v) is 3.30. The third kappa shape index (κ3) is 1.55. The zero-order chi connectivity index (χ0) is 8.43. The van der Waals surface area contributed by atoms with Gasteiger partial charge in [-0.2, -0.15) is 5.26 Å². The highest BCUT2D eigenvalue weighted by molar-refractivity contribution is 9.13. The first-order valence-corrected chi connectivity index (χ1v) is 4.39. The Balaban J connectivity index is 3.40. The van der Waals surface area contributed by atoms with Gasteiger partial charge in [-0.3, -0.25) is 0 Å². The maximum atomic E-state index is 8.57. The number of hydrogen-bond acceptors (Lipinski definition) is 2. The number of nitriles is 1. The van der Waals surface area contributed by atoms with E-state index in [-0.39, 0.29) is 0 Å². The van der Waals surface area contributed by atoms with Gasteiger partial charge in [0.05, 0.1) is 15.7 Å². The second-order valence-corrected chi connectivity index (χ2v) is 3.58. The fourth-order valence-electron chi connectivity index (χ4n) is 0.664. The molecule has 2 nitrogen and oxygen atoms in total. The molecule has 11 heavy (non-hydrogen) atoms. The topological polar surface area (TPSA) is 49.8 Å². The van der Waals surface area contributed by atoms with Crippen LogP contribution in [0, 0.1) is 11.3 Å². The highest BCUT2D eigenvalue weighted by atomic mass is 79.9. The van der Waals surface area contributed by atoms with Gasteiger partial charge < -0.3 is 5.73 Å². The Morgan fingerprint density at radius 2 is 2.00 bits per heavy atom. The quantitative estimate of drug-likeness (QED) is 0.740. The van der Waals surface area contributed by atoms with Gasteiger partial charge in [0.25, 0.3) is 0 Å². The molecule has 0 aliphatic heterocycles. The van der Waals surface area contributed by atoms with Crippen LogP contribution < -0.4 is 5.73 Å². The minimum Gasteiger partial charge on any atom is -0.397 e. The Kier molecular flexibility index (Phi) is 2.53. The highest BCUT2D eigenvalue weighted by Gasteiger charge is 2.04. The van der Waals surface area contributed by atoms with E-state index in [9.17, 15) is 0 Å². The van der Waals surface area contributed by atoms with E-state index < -0.39 is 0 Å². The molecule has 4 heteroatoms. The zero-order valence-electron chi connectivity index (χ0n) is 5.44. The van der Waals surface area contributed by atoms with Gasteiger partial charge in [-0.25, -0.2) is 0 Å². The number of rotatable bonds is 0. The predicted octanol–water partition coefficient (Wildman–Crippen LogP) is 2.67. The predicted molar refractivity (Wildman–Crippen MR) is 51.0 cm³/mol. The summed E-state index contributed by atoms with van der Waals surface area (Å²) in [4.78, 5) is 0. The highest BCUT2D eigenvalue weighted by Crippen LogP contribution is 2.30. The lowest BCUT2D eigenvalue weighted by molar-refractivity contribution is 1.46. The molecule has 0 saturated carbocycles. The first-order chi connectivity index (χ1) is 5.16. The van der Waals surface area contributed by atoms with Crippen LogP contribution >= 0.6 is 31.9 Å². The summed E-state index contributed by atoms with van der Waals surface area (Å²) < 4.78 is 1.59. The van der Waals surface area contributed by atoms with E-state index in [1.54, 1.807) is 12.1 Å². The summed E-state index contributed by atoms with van der Waals surface area (Å²) in [7, 11) is 0. The maximum absolute atomic E-state index is 8.57. The van der Waals surface area contributed by atoms with E-state index in [0.717, 1.165) is 8.95 Å². The maximum Gasteiger partial charge on any atom is 0.101 e. The molecule has 56 valence electrons. The normalized spacial score (nSPS) is 9.18. The largest absolute Gasteiger partial charge is 0.397 e. The number of halogens is 2. The van der Waals surface area contributed by atoms with Gasteiger partial charge in [0.2, 0.25) is 0 Å². The van der Waals surface area contributed by atoms with E-state index in [2.05, 4.69) is 31.9 Å². The third-order valence-electron chi connectivity index (χ3n) is 1.25. The summed E-state index contributed by atoms with van der Waals surface area (Å²) in [5, 5.41) is 8.57. The fourth-order valence-corrected chi connectivity index (χ4v) is 1.36. The van der Waals surface area contributed by atoms with Gasteiger partial charge in [-0.15, -0.1) is 0 Å². The second kappa shape index (κ2) is 3.24. The summed E-state index contributed by atoms with van der Waals surface area (Å²) in [6, 6.07) is 5.44. The number of anilines is 1. The van der Waals surface area contributed by atoms with Gasteiger partial charge >= 0.3 is 0 Å². The molecule has 0 radical (unpaired) electrons. The molecule has 2 N–H and O–H groups in total. The Labute approximate surface area is 81.3 Å². The summed E-state index contributed by atoms with van der Waals surface area (Å²) in [6.45, 7) is 0. The van der Waals surface area contributed by atoms with Crippen molar-refractivity contribution in [3.8, 4) is 6.07 Å². The molecular formula is C7H4Br2N2. The first-order valence-electron chi connectivity index (χ1n) is 2.80. The lowest BCUT2D eigenvalue weighted by atomic mass is 10.2. The standard InChI is InChI=1S/C7H4Br2N2/c8-5-2-1-4(3-10)7(11)6(5)9/h1-2H,11H2. The summed E-state index contributed by atoms with van der Waals surface area (Å²) in [5.74, 6) is 0. The van der Waals surface area contributed by atoms with Gasteiger partial charge in [0.15, 0.2) is 0 Å². The molecule has 0 aromatic heterocycles. The lowest BCUT2D eigenvalue weighted by Crippen LogP contribution is -1.91. The molecule has 1 aromatic rings. The Bertz CT molecular complexity index is 328. The summed E-state index contributed by atoms with van der Waals surface area (Å²) in [6.07, 6.45) is 0. The van der Waals surface area contributed by atoms with Crippen molar-refractivity contribution in [2.45, 2.75) is 0 Å². The van der Waals surface area contributed by atoms with Crippen LogP contribution in [0.2, 0.25) is 0 Å². The molecule has 0 aliphatic rings. The molecule has 0 fully saturated rings. The molecule has 0 spiro atoms.